The Morgan fingerprint density at radius 3 is 2.30 bits per heavy atom. The third-order valence-electron chi connectivity index (χ3n) is 8.07. The van der Waals surface area contributed by atoms with E-state index in [1.807, 2.05) is 0 Å². The van der Waals surface area contributed by atoms with Crippen LogP contribution in [-0.4, -0.2) is 64.6 Å². The van der Waals surface area contributed by atoms with Gasteiger partial charge in [0, 0.05) is 19.0 Å². The van der Waals surface area contributed by atoms with Crippen LogP contribution in [0.15, 0.2) is 5.16 Å². The highest BCUT2D eigenvalue weighted by Crippen LogP contribution is 2.30. The molecule has 1 aliphatic heterocycles. The van der Waals surface area contributed by atoms with Crippen molar-refractivity contribution < 1.29 is 24.3 Å². The summed E-state index contributed by atoms with van der Waals surface area (Å²) in [4.78, 5) is 41.1. The summed E-state index contributed by atoms with van der Waals surface area (Å²) in [6, 6.07) is -1.21. The lowest BCUT2D eigenvalue weighted by molar-refractivity contribution is -0.140. The average Bonchev–Trinajstić information content (AvgIpc) is 3.36. The summed E-state index contributed by atoms with van der Waals surface area (Å²) in [5.74, 6) is 0.785. The van der Waals surface area contributed by atoms with Crippen LogP contribution >= 0.6 is 0 Å². The van der Waals surface area contributed by atoms with E-state index in [9.17, 15) is 14.4 Å². The third-order valence-corrected chi connectivity index (χ3v) is 8.07. The molecule has 0 unspecified atom stereocenters. The number of nitrogens with zero attached hydrogens (tertiary/aromatic N) is 2. The van der Waals surface area contributed by atoms with Crippen molar-refractivity contribution in [3.63, 3.8) is 0 Å². The molecule has 37 heavy (non-hydrogen) atoms. The number of amides is 3. The lowest BCUT2D eigenvalue weighted by Gasteiger charge is -2.32. The number of carbonyl (C=O) groups excluding carboxylic acids is 3. The third kappa shape index (κ3) is 8.78. The first-order valence-electron chi connectivity index (χ1n) is 14.1. The molecule has 0 radical (unpaired) electrons. The van der Waals surface area contributed by atoms with Gasteiger partial charge >= 0.3 is 6.09 Å². The Balaban J connectivity index is 1.58. The molecule has 10 heteroatoms. The quantitative estimate of drug-likeness (QED) is 0.166. The predicted molar refractivity (Wildman–Crippen MR) is 141 cm³/mol. The van der Waals surface area contributed by atoms with Crippen LogP contribution in [0.4, 0.5) is 4.79 Å². The largest absolute Gasteiger partial charge is 0.444 e. The molecule has 3 rings (SSSR count). The van der Waals surface area contributed by atoms with Crippen LogP contribution in [0, 0.1) is 17.8 Å². The van der Waals surface area contributed by atoms with Crippen LogP contribution in [0.5, 0.6) is 0 Å². The molecule has 1 saturated heterocycles. The zero-order chi connectivity index (χ0) is 27.0. The number of rotatable bonds is 8. The predicted octanol–water partition coefficient (Wildman–Crippen LogP) is 3.51. The van der Waals surface area contributed by atoms with Gasteiger partial charge in [0.25, 0.3) is 0 Å². The number of carbonyl (C=O) groups is 3. The Labute approximate surface area is 221 Å². The Morgan fingerprint density at radius 2 is 1.68 bits per heavy atom. The molecule has 3 amide bonds. The fourth-order valence-corrected chi connectivity index (χ4v) is 6.04. The van der Waals surface area contributed by atoms with E-state index in [0.717, 1.165) is 57.8 Å². The molecular weight excluding hydrogens is 474 g/mol. The van der Waals surface area contributed by atoms with E-state index in [-0.39, 0.29) is 23.6 Å². The Bertz CT molecular complexity index is 812. The smallest absolute Gasteiger partial charge is 0.408 e. The fraction of sp³-hybridized carbons (Fsp3) is 0.852. The second-order valence-corrected chi connectivity index (χ2v) is 12.1. The maximum absolute atomic E-state index is 13.7. The Kier molecular flexibility index (Phi) is 10.5. The fourth-order valence-electron chi connectivity index (χ4n) is 6.04. The van der Waals surface area contributed by atoms with Gasteiger partial charge in [-0.25, -0.2) is 4.79 Å². The second kappa shape index (κ2) is 13.3. The molecule has 2 aliphatic carbocycles. The lowest BCUT2D eigenvalue weighted by atomic mass is 9.81. The lowest BCUT2D eigenvalue weighted by Crippen LogP contribution is -2.54. The van der Waals surface area contributed by atoms with E-state index < -0.39 is 23.8 Å². The first kappa shape index (κ1) is 29.0. The maximum atomic E-state index is 13.7. The molecular formula is C27H47N5O5. The first-order valence-corrected chi connectivity index (χ1v) is 14.1. The van der Waals surface area contributed by atoms with Crippen molar-refractivity contribution in [2.75, 3.05) is 13.1 Å². The van der Waals surface area contributed by atoms with Crippen molar-refractivity contribution in [2.45, 2.75) is 116 Å². The molecule has 5 N–H and O–H groups in total. The van der Waals surface area contributed by atoms with Crippen molar-refractivity contribution in [2.24, 2.45) is 28.6 Å². The zero-order valence-electron chi connectivity index (χ0n) is 22.8. The van der Waals surface area contributed by atoms with Crippen molar-refractivity contribution in [3.05, 3.63) is 0 Å². The molecule has 1 heterocycles. The highest BCUT2D eigenvalue weighted by molar-refractivity contribution is 5.92. The van der Waals surface area contributed by atoms with Crippen molar-refractivity contribution in [1.29, 1.82) is 0 Å². The number of hydrogen-bond donors (Lipinski definition) is 4. The van der Waals surface area contributed by atoms with E-state index in [1.54, 1.807) is 25.7 Å². The molecule has 3 aliphatic rings. The standard InChI is InChI=1S/C27H47N5O5/c1-27(2,3)37-26(35)30-21(16-18-8-5-4-6-9-18)25(34)32-15-7-10-22(32)24(33)29-17-19-11-13-20(14-12-19)23(28)31-36/h18-22,36H,4-17H2,1-3H3,(H2,28,31)(H,29,33)(H,30,35)/t19?,20?,21-,22+/m1/s1. The molecule has 210 valence electrons. The van der Waals surface area contributed by atoms with Crippen LogP contribution in [0.1, 0.15) is 97.8 Å². The number of oxime groups is 1. The van der Waals surface area contributed by atoms with Crippen LogP contribution in [0.2, 0.25) is 0 Å². The molecule has 0 aromatic carbocycles. The molecule has 0 bridgehead atoms. The zero-order valence-corrected chi connectivity index (χ0v) is 22.8. The number of likely N-dealkylation sites (tertiary alicyclic amines) is 1. The van der Waals surface area contributed by atoms with Gasteiger partial charge in [-0.2, -0.15) is 0 Å². The number of hydrogen-bond acceptors (Lipinski definition) is 6. The monoisotopic (exact) mass is 521 g/mol. The van der Waals surface area contributed by atoms with Crippen LogP contribution in [-0.2, 0) is 14.3 Å². The SMILES string of the molecule is CC(C)(C)OC(=O)N[C@H](CC1CCCCC1)C(=O)N1CCC[C@H]1C(=O)NCC1CCC(C(N)=NO)CC1. The Morgan fingerprint density at radius 1 is 1.00 bits per heavy atom. The first-order chi connectivity index (χ1) is 17.6. The topological polar surface area (TPSA) is 146 Å². The molecule has 0 spiro atoms. The van der Waals surface area contributed by atoms with Crippen molar-refractivity contribution >= 4 is 23.7 Å². The molecule has 2 atom stereocenters. The van der Waals surface area contributed by atoms with Gasteiger partial charge in [-0.05, 0) is 77.6 Å². The maximum Gasteiger partial charge on any atom is 0.408 e. The summed E-state index contributed by atoms with van der Waals surface area (Å²) in [5, 5.41) is 17.9. The number of nitrogens with two attached hydrogens (primary N) is 1. The van der Waals surface area contributed by atoms with E-state index >= 15 is 0 Å². The summed E-state index contributed by atoms with van der Waals surface area (Å²) in [7, 11) is 0. The normalized spacial score (nSPS) is 26.4. The highest BCUT2D eigenvalue weighted by Gasteiger charge is 2.39. The van der Waals surface area contributed by atoms with Gasteiger partial charge in [0.1, 0.15) is 23.5 Å². The number of nitrogens with one attached hydrogen (secondary N) is 2. The van der Waals surface area contributed by atoms with E-state index in [4.69, 9.17) is 15.7 Å². The van der Waals surface area contributed by atoms with Crippen molar-refractivity contribution in [3.8, 4) is 0 Å². The molecule has 10 nitrogen and oxygen atoms in total. The molecule has 0 aromatic rings. The van der Waals surface area contributed by atoms with Crippen LogP contribution in [0.3, 0.4) is 0 Å². The Hall–Kier alpha value is -2.52. The minimum Gasteiger partial charge on any atom is -0.444 e. The average molecular weight is 522 g/mol. The second-order valence-electron chi connectivity index (χ2n) is 12.1. The van der Waals surface area contributed by atoms with Gasteiger partial charge in [-0.3, -0.25) is 9.59 Å². The number of alkyl carbamates (subject to hydrolysis) is 1. The van der Waals surface area contributed by atoms with E-state index in [0.29, 0.717) is 37.8 Å². The van der Waals surface area contributed by atoms with E-state index in [1.165, 1.54) is 6.42 Å². The van der Waals surface area contributed by atoms with Gasteiger partial charge < -0.3 is 31.2 Å². The van der Waals surface area contributed by atoms with Crippen molar-refractivity contribution in [1.82, 2.24) is 15.5 Å². The summed E-state index contributed by atoms with van der Waals surface area (Å²) < 4.78 is 5.45. The minimum absolute atomic E-state index is 0.0958. The molecule has 2 saturated carbocycles. The van der Waals surface area contributed by atoms with Crippen LogP contribution < -0.4 is 16.4 Å². The summed E-state index contributed by atoms with van der Waals surface area (Å²) in [6.45, 7) is 6.47. The van der Waals surface area contributed by atoms with Crippen LogP contribution in [0.25, 0.3) is 0 Å². The number of ether oxygens (including phenoxy) is 1. The van der Waals surface area contributed by atoms with Gasteiger partial charge in [0.15, 0.2) is 0 Å². The van der Waals surface area contributed by atoms with Gasteiger partial charge in [-0.15, -0.1) is 0 Å². The molecule has 3 fully saturated rings. The summed E-state index contributed by atoms with van der Waals surface area (Å²) in [5.41, 5.74) is 5.09. The van der Waals surface area contributed by atoms with Gasteiger partial charge in [0.05, 0.1) is 0 Å². The number of amidine groups is 1. The summed E-state index contributed by atoms with van der Waals surface area (Å²) in [6.07, 6.45) is 10.5. The molecule has 0 aromatic heterocycles. The summed E-state index contributed by atoms with van der Waals surface area (Å²) >= 11 is 0. The van der Waals surface area contributed by atoms with Gasteiger partial charge in [-0.1, -0.05) is 37.3 Å². The van der Waals surface area contributed by atoms with Gasteiger partial charge in [0.2, 0.25) is 11.8 Å². The highest BCUT2D eigenvalue weighted by atomic mass is 16.6. The minimum atomic E-state index is -0.694. The van der Waals surface area contributed by atoms with E-state index in [2.05, 4.69) is 15.8 Å².